The van der Waals surface area contributed by atoms with E-state index in [0.717, 1.165) is 6.54 Å². The minimum Gasteiger partial charge on any atom is -0.318 e. The third-order valence-corrected chi connectivity index (χ3v) is 5.03. The Morgan fingerprint density at radius 3 is 1.33 bits per heavy atom. The first-order valence-electron chi connectivity index (χ1n) is 11.2. The van der Waals surface area contributed by atoms with Crippen molar-refractivity contribution in [2.24, 2.45) is 0 Å². The fourth-order valence-corrected chi connectivity index (χ4v) is 3.40. The lowest BCUT2D eigenvalue weighted by Crippen LogP contribution is -2.35. The summed E-state index contributed by atoms with van der Waals surface area (Å²) < 4.78 is 0. The smallest absolute Gasteiger partial charge is 0.0164 e. The summed E-state index contributed by atoms with van der Waals surface area (Å²) in [6.45, 7) is 6.80. The molecule has 146 valence electrons. The highest BCUT2D eigenvalue weighted by Gasteiger charge is 1.98. The van der Waals surface area contributed by atoms with E-state index in [1.54, 1.807) is 0 Å². The molecule has 0 aromatic rings. The molecule has 0 aromatic carbocycles. The van der Waals surface area contributed by atoms with E-state index in [4.69, 9.17) is 0 Å². The van der Waals surface area contributed by atoms with Crippen molar-refractivity contribution in [1.82, 2.24) is 10.6 Å². The molecule has 0 rings (SSSR count). The summed E-state index contributed by atoms with van der Waals surface area (Å²) in [6, 6.07) is 0.603. The van der Waals surface area contributed by atoms with Gasteiger partial charge < -0.3 is 10.6 Å². The van der Waals surface area contributed by atoms with Gasteiger partial charge in [-0.25, -0.2) is 0 Å². The molecule has 0 saturated carbocycles. The Morgan fingerprint density at radius 1 is 0.583 bits per heavy atom. The van der Waals surface area contributed by atoms with Gasteiger partial charge in [0.25, 0.3) is 0 Å². The standard InChI is InChI=1S/C22H48N2/c1-4-5-6-7-8-9-10-11-12-13-14-15-16-17-18-19-20-24-22(2)21-23-3/h22-24H,4-21H2,1-3H3. The molecule has 0 aromatic heterocycles. The summed E-state index contributed by atoms with van der Waals surface area (Å²) in [5, 5.41) is 6.78. The van der Waals surface area contributed by atoms with Gasteiger partial charge in [0, 0.05) is 12.6 Å². The van der Waals surface area contributed by atoms with Gasteiger partial charge in [-0.15, -0.1) is 0 Å². The highest BCUT2D eigenvalue weighted by atomic mass is 15.0. The van der Waals surface area contributed by atoms with Crippen LogP contribution in [0, 0.1) is 0 Å². The molecule has 0 bridgehead atoms. The SMILES string of the molecule is CCCCCCCCCCCCCCCCCCNC(C)CNC. The largest absolute Gasteiger partial charge is 0.318 e. The van der Waals surface area contributed by atoms with Gasteiger partial charge >= 0.3 is 0 Å². The van der Waals surface area contributed by atoms with Gasteiger partial charge in [-0.05, 0) is 26.9 Å². The molecule has 2 heteroatoms. The fourth-order valence-electron chi connectivity index (χ4n) is 3.40. The van der Waals surface area contributed by atoms with Crippen LogP contribution in [-0.4, -0.2) is 26.2 Å². The predicted octanol–water partition coefficient (Wildman–Crippen LogP) is 6.45. The van der Waals surface area contributed by atoms with Gasteiger partial charge in [0.1, 0.15) is 0 Å². The normalized spacial score (nSPS) is 12.6. The number of nitrogens with one attached hydrogen (secondary N) is 2. The first kappa shape index (κ1) is 23.9. The van der Waals surface area contributed by atoms with E-state index >= 15 is 0 Å². The lowest BCUT2D eigenvalue weighted by Gasteiger charge is -2.12. The summed E-state index contributed by atoms with van der Waals surface area (Å²) >= 11 is 0. The van der Waals surface area contributed by atoms with Crippen LogP contribution in [0.15, 0.2) is 0 Å². The Bertz CT molecular complexity index is 218. The average Bonchev–Trinajstić information content (AvgIpc) is 2.58. The van der Waals surface area contributed by atoms with E-state index in [1.807, 2.05) is 7.05 Å². The average molecular weight is 341 g/mol. The van der Waals surface area contributed by atoms with E-state index in [1.165, 1.54) is 109 Å². The quantitative estimate of drug-likeness (QED) is 0.249. The molecule has 0 aliphatic rings. The number of hydrogen-bond donors (Lipinski definition) is 2. The summed E-state index contributed by atoms with van der Waals surface area (Å²) in [7, 11) is 2.02. The fraction of sp³-hybridized carbons (Fsp3) is 1.00. The van der Waals surface area contributed by atoms with Crippen molar-refractivity contribution >= 4 is 0 Å². The minimum absolute atomic E-state index is 0.603. The predicted molar refractivity (Wildman–Crippen MR) is 111 cm³/mol. The summed E-state index contributed by atoms with van der Waals surface area (Å²) in [5.74, 6) is 0. The van der Waals surface area contributed by atoms with Gasteiger partial charge in [-0.1, -0.05) is 103 Å². The molecule has 2 nitrogen and oxygen atoms in total. The molecular weight excluding hydrogens is 292 g/mol. The Labute approximate surface area is 154 Å². The van der Waals surface area contributed by atoms with E-state index in [9.17, 15) is 0 Å². The van der Waals surface area contributed by atoms with Crippen LogP contribution in [0.5, 0.6) is 0 Å². The maximum absolute atomic E-state index is 3.57. The van der Waals surface area contributed by atoms with Crippen LogP contribution < -0.4 is 10.6 Å². The van der Waals surface area contributed by atoms with Crippen LogP contribution in [0.2, 0.25) is 0 Å². The first-order valence-corrected chi connectivity index (χ1v) is 11.2. The molecule has 0 spiro atoms. The Kier molecular flexibility index (Phi) is 20.9. The first-order chi connectivity index (χ1) is 11.8. The molecule has 0 heterocycles. The number of rotatable bonds is 20. The zero-order valence-electron chi connectivity index (χ0n) is 17.3. The van der Waals surface area contributed by atoms with Crippen LogP contribution in [0.25, 0.3) is 0 Å². The van der Waals surface area contributed by atoms with E-state index in [0.29, 0.717) is 6.04 Å². The van der Waals surface area contributed by atoms with Crippen LogP contribution >= 0.6 is 0 Å². The van der Waals surface area contributed by atoms with Gasteiger partial charge in [-0.3, -0.25) is 0 Å². The summed E-state index contributed by atoms with van der Waals surface area (Å²) in [5.41, 5.74) is 0. The van der Waals surface area contributed by atoms with E-state index in [2.05, 4.69) is 24.5 Å². The number of hydrogen-bond acceptors (Lipinski definition) is 2. The third kappa shape index (κ3) is 20.0. The van der Waals surface area contributed by atoms with Gasteiger partial charge in [0.05, 0.1) is 0 Å². The molecule has 24 heavy (non-hydrogen) atoms. The number of unbranched alkanes of at least 4 members (excludes halogenated alkanes) is 15. The van der Waals surface area contributed by atoms with Crippen molar-refractivity contribution in [2.75, 3.05) is 20.1 Å². The van der Waals surface area contributed by atoms with Crippen LogP contribution in [0.1, 0.15) is 117 Å². The third-order valence-electron chi connectivity index (χ3n) is 5.03. The van der Waals surface area contributed by atoms with Crippen molar-refractivity contribution < 1.29 is 0 Å². The molecule has 0 amide bonds. The van der Waals surface area contributed by atoms with Crippen molar-refractivity contribution in [3.63, 3.8) is 0 Å². The second-order valence-corrected chi connectivity index (χ2v) is 7.72. The van der Waals surface area contributed by atoms with Crippen LogP contribution in [0.4, 0.5) is 0 Å². The topological polar surface area (TPSA) is 24.1 Å². The molecule has 2 N–H and O–H groups in total. The van der Waals surface area contributed by atoms with Crippen LogP contribution in [0.3, 0.4) is 0 Å². The Balaban J connectivity index is 3.00. The highest BCUT2D eigenvalue weighted by Crippen LogP contribution is 2.13. The van der Waals surface area contributed by atoms with Crippen molar-refractivity contribution in [2.45, 2.75) is 123 Å². The van der Waals surface area contributed by atoms with E-state index < -0.39 is 0 Å². The molecule has 1 atom stereocenters. The second-order valence-electron chi connectivity index (χ2n) is 7.72. The zero-order chi connectivity index (χ0) is 17.7. The molecule has 0 radical (unpaired) electrons. The molecule has 0 aliphatic heterocycles. The number of likely N-dealkylation sites (N-methyl/N-ethyl adjacent to an activating group) is 1. The zero-order valence-corrected chi connectivity index (χ0v) is 17.3. The lowest BCUT2D eigenvalue weighted by molar-refractivity contribution is 0.493. The van der Waals surface area contributed by atoms with E-state index in [-0.39, 0.29) is 0 Å². The molecular formula is C22H48N2. The second kappa shape index (κ2) is 21.0. The molecule has 0 fully saturated rings. The van der Waals surface area contributed by atoms with Gasteiger partial charge in [0.15, 0.2) is 0 Å². The Morgan fingerprint density at radius 2 is 0.958 bits per heavy atom. The lowest BCUT2D eigenvalue weighted by atomic mass is 10.0. The van der Waals surface area contributed by atoms with Gasteiger partial charge in [0.2, 0.25) is 0 Å². The molecule has 0 saturated heterocycles. The maximum Gasteiger partial charge on any atom is 0.0164 e. The molecule has 1 unspecified atom stereocenters. The summed E-state index contributed by atoms with van der Waals surface area (Å²) in [6.07, 6.45) is 23.1. The van der Waals surface area contributed by atoms with Crippen LogP contribution in [-0.2, 0) is 0 Å². The van der Waals surface area contributed by atoms with Gasteiger partial charge in [-0.2, -0.15) is 0 Å². The van der Waals surface area contributed by atoms with Crippen molar-refractivity contribution in [3.8, 4) is 0 Å². The molecule has 0 aliphatic carbocycles. The van der Waals surface area contributed by atoms with Crippen molar-refractivity contribution in [3.05, 3.63) is 0 Å². The van der Waals surface area contributed by atoms with Crippen molar-refractivity contribution in [1.29, 1.82) is 0 Å². The minimum atomic E-state index is 0.603. The Hall–Kier alpha value is -0.0800. The summed E-state index contributed by atoms with van der Waals surface area (Å²) in [4.78, 5) is 0. The monoisotopic (exact) mass is 340 g/mol. The highest BCUT2D eigenvalue weighted by molar-refractivity contribution is 4.61. The maximum atomic E-state index is 3.57.